The lowest BCUT2D eigenvalue weighted by atomic mass is 10.2. The Hall–Kier alpha value is 0.600. The fraction of sp³-hybridized carbons (Fsp3) is 1.00. The zero-order chi connectivity index (χ0) is 10.1. The van der Waals surface area contributed by atoms with Crippen LogP contribution in [0.15, 0.2) is 0 Å². The van der Waals surface area contributed by atoms with E-state index in [1.165, 1.54) is 25.1 Å². The van der Waals surface area contributed by atoms with Gasteiger partial charge in [-0.15, -0.1) is 11.6 Å². The molecule has 3 heteroatoms. The number of alkyl halides is 1. The van der Waals surface area contributed by atoms with E-state index in [1.54, 1.807) is 0 Å². The van der Waals surface area contributed by atoms with E-state index >= 15 is 0 Å². The second-order valence-electron chi connectivity index (χ2n) is 3.51. The molecule has 13 heavy (non-hydrogen) atoms. The largest absolute Gasteiger partial charge is 0.304 e. The molecule has 0 saturated carbocycles. The monoisotopic (exact) mass is 223 g/mol. The summed E-state index contributed by atoms with van der Waals surface area (Å²) >= 11 is 7.55. The minimum atomic E-state index is 0.711. The van der Waals surface area contributed by atoms with Crippen molar-refractivity contribution >= 4 is 23.4 Å². The lowest BCUT2D eigenvalue weighted by molar-refractivity contribution is 0.250. The molecule has 1 unspecified atom stereocenters. The highest BCUT2D eigenvalue weighted by atomic mass is 35.5. The number of hydrogen-bond acceptors (Lipinski definition) is 2. The van der Waals surface area contributed by atoms with Gasteiger partial charge in [0, 0.05) is 11.9 Å². The minimum Gasteiger partial charge on any atom is -0.304 e. The summed E-state index contributed by atoms with van der Waals surface area (Å²) in [6.07, 6.45) is 5.82. The summed E-state index contributed by atoms with van der Waals surface area (Å²) in [5, 5.41) is 0. The molecule has 0 aromatic rings. The molecular weight excluding hydrogens is 202 g/mol. The second kappa shape index (κ2) is 9.17. The highest BCUT2D eigenvalue weighted by Gasteiger charge is 2.07. The minimum absolute atomic E-state index is 0.711. The Kier molecular flexibility index (Phi) is 9.59. The zero-order valence-corrected chi connectivity index (χ0v) is 10.6. The van der Waals surface area contributed by atoms with Crippen molar-refractivity contribution in [3.8, 4) is 0 Å². The van der Waals surface area contributed by atoms with Gasteiger partial charge in [-0.2, -0.15) is 11.8 Å². The van der Waals surface area contributed by atoms with Crippen LogP contribution in [0, 0.1) is 0 Å². The van der Waals surface area contributed by atoms with Crippen molar-refractivity contribution in [3.63, 3.8) is 0 Å². The molecule has 1 atom stereocenters. The zero-order valence-electron chi connectivity index (χ0n) is 9.05. The molecule has 0 fully saturated rings. The highest BCUT2D eigenvalue weighted by molar-refractivity contribution is 7.98. The van der Waals surface area contributed by atoms with Gasteiger partial charge in [0.05, 0.1) is 0 Å². The van der Waals surface area contributed by atoms with Crippen LogP contribution in [0.1, 0.15) is 26.2 Å². The van der Waals surface area contributed by atoms with Crippen molar-refractivity contribution in [2.45, 2.75) is 32.2 Å². The molecule has 0 aliphatic rings. The maximum atomic E-state index is 5.63. The Labute approximate surface area is 92.2 Å². The molecule has 80 valence electrons. The second-order valence-corrected chi connectivity index (χ2v) is 4.87. The standard InChI is InChI=1S/C10H22ClNS/c1-10(6-9-13-3)12(2)8-5-4-7-11/h10H,4-9H2,1-3H3. The number of halogens is 1. The maximum absolute atomic E-state index is 5.63. The van der Waals surface area contributed by atoms with Gasteiger partial charge in [0.1, 0.15) is 0 Å². The van der Waals surface area contributed by atoms with Crippen LogP contribution in [0.2, 0.25) is 0 Å². The molecule has 0 heterocycles. The Morgan fingerprint density at radius 2 is 2.08 bits per heavy atom. The number of hydrogen-bond donors (Lipinski definition) is 0. The molecule has 0 saturated heterocycles. The van der Waals surface area contributed by atoms with E-state index in [0.29, 0.717) is 6.04 Å². The molecule has 0 aliphatic heterocycles. The number of nitrogens with zero attached hydrogens (tertiary/aromatic N) is 1. The van der Waals surface area contributed by atoms with Crippen molar-refractivity contribution in [3.05, 3.63) is 0 Å². The fourth-order valence-electron chi connectivity index (χ4n) is 1.18. The topological polar surface area (TPSA) is 3.24 Å². The summed E-state index contributed by atoms with van der Waals surface area (Å²) in [6.45, 7) is 3.49. The Bertz CT molecular complexity index is 111. The lowest BCUT2D eigenvalue weighted by Gasteiger charge is -2.24. The predicted octanol–water partition coefficient (Wildman–Crippen LogP) is 3.08. The smallest absolute Gasteiger partial charge is 0.0223 e. The van der Waals surface area contributed by atoms with Gasteiger partial charge < -0.3 is 4.90 Å². The molecule has 0 rings (SSSR count). The third kappa shape index (κ3) is 7.65. The van der Waals surface area contributed by atoms with Gasteiger partial charge >= 0.3 is 0 Å². The predicted molar refractivity (Wildman–Crippen MR) is 65.0 cm³/mol. The van der Waals surface area contributed by atoms with E-state index in [9.17, 15) is 0 Å². The van der Waals surface area contributed by atoms with Crippen LogP contribution in [0.3, 0.4) is 0 Å². The SMILES string of the molecule is CSCCC(C)N(C)CCCCCl. The Morgan fingerprint density at radius 3 is 2.62 bits per heavy atom. The van der Waals surface area contributed by atoms with E-state index in [-0.39, 0.29) is 0 Å². The first-order chi connectivity index (χ1) is 6.22. The number of unbranched alkanes of at least 4 members (excludes halogenated alkanes) is 1. The summed E-state index contributed by atoms with van der Waals surface area (Å²) in [4.78, 5) is 2.43. The molecule has 1 nitrogen and oxygen atoms in total. The van der Waals surface area contributed by atoms with Gasteiger partial charge in [-0.1, -0.05) is 0 Å². The van der Waals surface area contributed by atoms with Gasteiger partial charge in [0.25, 0.3) is 0 Å². The van der Waals surface area contributed by atoms with E-state index < -0.39 is 0 Å². The normalized spacial score (nSPS) is 13.6. The quantitative estimate of drug-likeness (QED) is 0.460. The van der Waals surface area contributed by atoms with E-state index in [1.807, 2.05) is 11.8 Å². The van der Waals surface area contributed by atoms with Crippen LogP contribution in [0.5, 0.6) is 0 Å². The Morgan fingerprint density at radius 1 is 1.38 bits per heavy atom. The average Bonchev–Trinajstić information content (AvgIpc) is 2.14. The van der Waals surface area contributed by atoms with Gasteiger partial charge in [0.2, 0.25) is 0 Å². The third-order valence-corrected chi connectivity index (χ3v) is 3.30. The van der Waals surface area contributed by atoms with Gasteiger partial charge in [-0.3, -0.25) is 0 Å². The molecule has 0 spiro atoms. The summed E-state index contributed by atoms with van der Waals surface area (Å²) in [7, 11) is 2.21. The van der Waals surface area contributed by atoms with Crippen molar-refractivity contribution in [2.24, 2.45) is 0 Å². The van der Waals surface area contributed by atoms with Crippen LogP contribution in [0.4, 0.5) is 0 Å². The summed E-state index contributed by atoms with van der Waals surface area (Å²) in [5.74, 6) is 2.06. The third-order valence-electron chi connectivity index (χ3n) is 2.39. The van der Waals surface area contributed by atoms with E-state index in [2.05, 4.69) is 25.1 Å². The number of thioether (sulfide) groups is 1. The molecule has 0 bridgehead atoms. The molecular formula is C10H22ClNS. The molecule has 0 radical (unpaired) electrons. The van der Waals surface area contributed by atoms with Gasteiger partial charge in [0.15, 0.2) is 0 Å². The first kappa shape index (κ1) is 13.6. The maximum Gasteiger partial charge on any atom is 0.0223 e. The first-order valence-corrected chi connectivity index (χ1v) is 6.90. The van der Waals surface area contributed by atoms with Crippen LogP contribution < -0.4 is 0 Å². The molecule has 0 aromatic carbocycles. The lowest BCUT2D eigenvalue weighted by Crippen LogP contribution is -2.30. The number of rotatable bonds is 8. The van der Waals surface area contributed by atoms with E-state index in [4.69, 9.17) is 11.6 Å². The van der Waals surface area contributed by atoms with Crippen molar-refractivity contribution in [1.82, 2.24) is 4.90 Å². The van der Waals surface area contributed by atoms with Crippen LogP contribution in [0.25, 0.3) is 0 Å². The molecule has 0 aliphatic carbocycles. The summed E-state index contributed by atoms with van der Waals surface area (Å²) < 4.78 is 0. The van der Waals surface area contributed by atoms with Crippen molar-refractivity contribution in [1.29, 1.82) is 0 Å². The highest BCUT2D eigenvalue weighted by Crippen LogP contribution is 2.07. The van der Waals surface area contributed by atoms with Gasteiger partial charge in [-0.25, -0.2) is 0 Å². The average molecular weight is 224 g/mol. The Balaban J connectivity index is 3.38. The molecule has 0 N–H and O–H groups in total. The van der Waals surface area contributed by atoms with Crippen molar-refractivity contribution in [2.75, 3.05) is 31.5 Å². The molecule has 0 aromatic heterocycles. The van der Waals surface area contributed by atoms with Crippen LogP contribution in [-0.4, -0.2) is 42.4 Å². The van der Waals surface area contributed by atoms with E-state index in [0.717, 1.165) is 12.3 Å². The van der Waals surface area contributed by atoms with Gasteiger partial charge in [-0.05, 0) is 51.8 Å². The first-order valence-electron chi connectivity index (χ1n) is 4.97. The fourth-order valence-corrected chi connectivity index (χ4v) is 1.95. The van der Waals surface area contributed by atoms with Crippen LogP contribution >= 0.6 is 23.4 Å². The van der Waals surface area contributed by atoms with Crippen LogP contribution in [-0.2, 0) is 0 Å². The van der Waals surface area contributed by atoms with Crippen molar-refractivity contribution < 1.29 is 0 Å². The summed E-state index contributed by atoms with van der Waals surface area (Å²) in [6, 6.07) is 0.711. The molecule has 0 amide bonds. The summed E-state index contributed by atoms with van der Waals surface area (Å²) in [5.41, 5.74) is 0.